The van der Waals surface area contributed by atoms with Crippen molar-refractivity contribution in [2.75, 3.05) is 27.2 Å². The number of ether oxygens (including phenoxy) is 2. The molecule has 1 aromatic carbocycles. The summed E-state index contributed by atoms with van der Waals surface area (Å²) in [4.78, 5) is 13.1. The van der Waals surface area contributed by atoms with Crippen LogP contribution in [0.4, 0.5) is 0 Å². The third-order valence-corrected chi connectivity index (χ3v) is 4.68. The molecule has 0 aliphatic carbocycles. The summed E-state index contributed by atoms with van der Waals surface area (Å²) in [6, 6.07) is 9.17. The van der Waals surface area contributed by atoms with E-state index >= 15 is 0 Å². The van der Waals surface area contributed by atoms with Crippen LogP contribution in [0.25, 0.3) is 0 Å². The second-order valence-electron chi connectivity index (χ2n) is 4.72. The molecule has 0 saturated heterocycles. The van der Waals surface area contributed by atoms with Crippen molar-refractivity contribution in [1.29, 1.82) is 0 Å². The van der Waals surface area contributed by atoms with E-state index in [4.69, 9.17) is 9.47 Å². The highest BCUT2D eigenvalue weighted by atomic mass is 79.9. The first kappa shape index (κ1) is 20.8. The Kier molecular flexibility index (Phi) is 9.13. The fourth-order valence-corrected chi connectivity index (χ4v) is 3.31. The molecule has 132 valence electrons. The van der Waals surface area contributed by atoms with E-state index in [1.165, 1.54) is 0 Å². The van der Waals surface area contributed by atoms with Crippen molar-refractivity contribution in [2.24, 2.45) is 0 Å². The van der Waals surface area contributed by atoms with Gasteiger partial charge in [0, 0.05) is 23.5 Å². The average Bonchev–Trinajstić information content (AvgIpc) is 2.98. The Morgan fingerprint density at radius 1 is 1.21 bits per heavy atom. The molecule has 2 aromatic rings. The molecule has 1 amide bonds. The van der Waals surface area contributed by atoms with Gasteiger partial charge in [-0.3, -0.25) is 4.79 Å². The Hall–Kier alpha value is -1.28. The van der Waals surface area contributed by atoms with Crippen molar-refractivity contribution in [1.82, 2.24) is 10.6 Å². The van der Waals surface area contributed by atoms with Crippen molar-refractivity contribution in [3.63, 3.8) is 0 Å². The molecule has 0 spiro atoms. The van der Waals surface area contributed by atoms with Gasteiger partial charge in [0.2, 0.25) is 0 Å². The van der Waals surface area contributed by atoms with Gasteiger partial charge in [0.15, 0.2) is 11.5 Å². The minimum atomic E-state index is -0.132. The summed E-state index contributed by atoms with van der Waals surface area (Å²) in [6.07, 6.45) is 0. The molecule has 8 heteroatoms. The number of hydrogen-bond acceptors (Lipinski definition) is 5. The average molecular weight is 436 g/mol. The molecule has 0 aliphatic heterocycles. The largest absolute Gasteiger partial charge is 0.493 e. The summed E-state index contributed by atoms with van der Waals surface area (Å²) in [5.41, 5.74) is 0.546. The van der Waals surface area contributed by atoms with E-state index in [1.807, 2.05) is 19.2 Å². The van der Waals surface area contributed by atoms with Crippen LogP contribution in [0, 0.1) is 0 Å². The Morgan fingerprint density at radius 3 is 2.62 bits per heavy atom. The van der Waals surface area contributed by atoms with Gasteiger partial charge >= 0.3 is 0 Å². The van der Waals surface area contributed by atoms with Crippen LogP contribution in [0.3, 0.4) is 0 Å². The van der Waals surface area contributed by atoms with E-state index in [0.717, 1.165) is 15.2 Å². The lowest BCUT2D eigenvalue weighted by molar-refractivity contribution is 0.0953. The first-order chi connectivity index (χ1) is 11.1. The van der Waals surface area contributed by atoms with E-state index in [-0.39, 0.29) is 18.3 Å². The zero-order chi connectivity index (χ0) is 16.7. The highest BCUT2D eigenvalue weighted by Gasteiger charge is 2.11. The number of thiophene rings is 1. The first-order valence-electron chi connectivity index (χ1n) is 7.12. The van der Waals surface area contributed by atoms with Crippen LogP contribution in [-0.4, -0.2) is 33.2 Å². The quantitative estimate of drug-likeness (QED) is 0.623. The second kappa shape index (κ2) is 10.6. The van der Waals surface area contributed by atoms with Crippen LogP contribution >= 0.6 is 39.7 Å². The Bertz CT molecular complexity index is 667. The number of rotatable bonds is 8. The highest BCUT2D eigenvalue weighted by molar-refractivity contribution is 9.11. The first-order valence-corrected chi connectivity index (χ1v) is 8.73. The van der Waals surface area contributed by atoms with Gasteiger partial charge in [-0.1, -0.05) is 0 Å². The minimum absolute atomic E-state index is 0. The molecule has 5 nitrogen and oxygen atoms in total. The lowest BCUT2D eigenvalue weighted by Gasteiger charge is -2.12. The van der Waals surface area contributed by atoms with Crippen LogP contribution in [0.15, 0.2) is 34.1 Å². The van der Waals surface area contributed by atoms with E-state index in [0.29, 0.717) is 30.2 Å². The number of benzene rings is 1. The fourth-order valence-electron chi connectivity index (χ4n) is 1.91. The maximum absolute atomic E-state index is 12.0. The van der Waals surface area contributed by atoms with Gasteiger partial charge in [0.1, 0.15) is 6.61 Å². The van der Waals surface area contributed by atoms with Gasteiger partial charge in [0.25, 0.3) is 5.91 Å². The second-order valence-corrected chi connectivity index (χ2v) is 7.27. The maximum Gasteiger partial charge on any atom is 0.251 e. The predicted octanol–water partition coefficient (Wildman–Crippen LogP) is 3.47. The molecule has 0 unspecified atom stereocenters. The zero-order valence-corrected chi connectivity index (χ0v) is 16.6. The number of likely N-dealkylation sites (N-methyl/N-ethyl adjacent to an activating group) is 1. The van der Waals surface area contributed by atoms with Gasteiger partial charge in [0.05, 0.1) is 10.9 Å². The Morgan fingerprint density at radius 2 is 2.00 bits per heavy atom. The van der Waals surface area contributed by atoms with Gasteiger partial charge in [-0.15, -0.1) is 23.7 Å². The smallest absolute Gasteiger partial charge is 0.251 e. The molecule has 1 heterocycles. The maximum atomic E-state index is 12.0. The van der Waals surface area contributed by atoms with Crippen molar-refractivity contribution in [3.05, 3.63) is 44.6 Å². The molecule has 0 atom stereocenters. The molecule has 0 aliphatic rings. The number of carbonyl (C=O) groups is 1. The molecule has 2 rings (SSSR count). The third-order valence-electron chi connectivity index (χ3n) is 3.09. The molecular formula is C16H20BrClN2O3S. The zero-order valence-electron chi connectivity index (χ0n) is 13.4. The predicted molar refractivity (Wildman–Crippen MR) is 103 cm³/mol. The van der Waals surface area contributed by atoms with Gasteiger partial charge in [-0.05, 0) is 53.3 Å². The molecule has 0 fully saturated rings. The van der Waals surface area contributed by atoms with Crippen LogP contribution in [0.5, 0.6) is 11.5 Å². The number of hydrogen-bond donors (Lipinski definition) is 2. The van der Waals surface area contributed by atoms with E-state index in [9.17, 15) is 4.79 Å². The molecule has 1 aromatic heterocycles. The van der Waals surface area contributed by atoms with Crippen molar-refractivity contribution < 1.29 is 14.3 Å². The lowest BCUT2D eigenvalue weighted by atomic mass is 10.2. The highest BCUT2D eigenvalue weighted by Crippen LogP contribution is 2.30. The number of carbonyl (C=O) groups excluding carboxylic acids is 1. The molecular weight excluding hydrogens is 416 g/mol. The van der Waals surface area contributed by atoms with Crippen LogP contribution in [-0.2, 0) is 6.61 Å². The monoisotopic (exact) mass is 434 g/mol. The molecule has 2 N–H and O–H groups in total. The van der Waals surface area contributed by atoms with E-state index < -0.39 is 0 Å². The SMILES string of the molecule is CNCCNC(=O)c1ccc(OCc2ccc(Br)s2)c(OC)c1.Cl. The Labute approximate surface area is 160 Å². The summed E-state index contributed by atoms with van der Waals surface area (Å²) in [7, 11) is 3.40. The summed E-state index contributed by atoms with van der Waals surface area (Å²) >= 11 is 5.05. The van der Waals surface area contributed by atoms with Crippen molar-refractivity contribution in [3.8, 4) is 11.5 Å². The van der Waals surface area contributed by atoms with Crippen LogP contribution in [0.1, 0.15) is 15.2 Å². The summed E-state index contributed by atoms with van der Waals surface area (Å²) < 4.78 is 12.2. The summed E-state index contributed by atoms with van der Waals surface area (Å²) in [5.74, 6) is 1.03. The van der Waals surface area contributed by atoms with Crippen molar-refractivity contribution >= 4 is 45.6 Å². The van der Waals surface area contributed by atoms with E-state index in [2.05, 4.69) is 26.6 Å². The van der Waals surface area contributed by atoms with Gasteiger partial charge < -0.3 is 20.1 Å². The summed E-state index contributed by atoms with van der Waals surface area (Å²) in [5, 5.41) is 5.81. The number of methoxy groups -OCH3 is 1. The van der Waals surface area contributed by atoms with E-state index in [1.54, 1.807) is 36.6 Å². The third kappa shape index (κ3) is 5.98. The van der Waals surface area contributed by atoms with Crippen LogP contribution < -0.4 is 20.1 Å². The Balaban J connectivity index is 0.00000288. The van der Waals surface area contributed by atoms with Crippen molar-refractivity contribution in [2.45, 2.75) is 6.61 Å². The number of amides is 1. The number of nitrogens with one attached hydrogen (secondary N) is 2. The lowest BCUT2D eigenvalue weighted by Crippen LogP contribution is -2.30. The molecule has 0 radical (unpaired) electrons. The molecule has 0 bridgehead atoms. The van der Waals surface area contributed by atoms with Gasteiger partial charge in [-0.25, -0.2) is 0 Å². The standard InChI is InChI=1S/C16H19BrN2O3S.ClH/c1-18-7-8-19-16(20)11-3-5-13(14(9-11)21-2)22-10-12-4-6-15(17)23-12;/h3-6,9,18H,7-8,10H2,1-2H3,(H,19,20);1H. The van der Waals surface area contributed by atoms with Crippen LogP contribution in [0.2, 0.25) is 0 Å². The number of halogens is 2. The van der Waals surface area contributed by atoms with Gasteiger partial charge in [-0.2, -0.15) is 0 Å². The minimum Gasteiger partial charge on any atom is -0.493 e. The fraction of sp³-hybridized carbons (Fsp3) is 0.312. The normalized spacial score (nSPS) is 9.96. The topological polar surface area (TPSA) is 59.6 Å². The molecule has 24 heavy (non-hydrogen) atoms. The summed E-state index contributed by atoms with van der Waals surface area (Å²) in [6.45, 7) is 1.75. The molecule has 0 saturated carbocycles.